The van der Waals surface area contributed by atoms with Crippen LogP contribution in [-0.4, -0.2) is 38.1 Å². The number of ether oxygens (including phenoxy) is 1. The van der Waals surface area contributed by atoms with Gasteiger partial charge in [0.25, 0.3) is 0 Å². The molecule has 4 atom stereocenters. The summed E-state index contributed by atoms with van der Waals surface area (Å²) in [4.78, 5) is 15.9. The number of nitrogen functional groups attached to an aromatic ring is 1. The molecule has 0 amide bonds. The van der Waals surface area contributed by atoms with Crippen LogP contribution in [0.4, 0.5) is 5.82 Å². The van der Waals surface area contributed by atoms with Gasteiger partial charge in [-0.15, -0.1) is 0 Å². The molecular weight excluding hydrogens is 286 g/mol. The van der Waals surface area contributed by atoms with E-state index >= 15 is 0 Å². The minimum absolute atomic E-state index is 0.105. The molecule has 0 unspecified atom stereocenters. The first kappa shape index (κ1) is 14.7. The standard InChI is InChI=1S/C15H17N3O4/c1-8-11(19)12(20)14(22-8)18-7-10(13(16)17-15(18)21)9-5-3-2-4-6-9/h2-8,11-12,14,19-20H,1H3,(H2,16,17,21)/t8-,11-,12-,14-/m1/s1. The first-order chi connectivity index (χ1) is 10.5. The predicted molar refractivity (Wildman–Crippen MR) is 79.9 cm³/mol. The first-order valence-corrected chi connectivity index (χ1v) is 6.94. The van der Waals surface area contributed by atoms with Crippen LogP contribution in [0.25, 0.3) is 11.1 Å². The summed E-state index contributed by atoms with van der Waals surface area (Å²) in [6.45, 7) is 1.63. The Morgan fingerprint density at radius 3 is 2.50 bits per heavy atom. The van der Waals surface area contributed by atoms with Crippen LogP contribution in [0.1, 0.15) is 13.2 Å². The third-order valence-electron chi connectivity index (χ3n) is 3.82. The van der Waals surface area contributed by atoms with Crippen LogP contribution in [0.3, 0.4) is 0 Å². The van der Waals surface area contributed by atoms with Crippen LogP contribution < -0.4 is 11.4 Å². The molecule has 1 aliphatic rings. The Balaban J connectivity index is 2.08. The molecule has 2 aromatic rings. The number of nitrogens with two attached hydrogens (primary N) is 1. The van der Waals surface area contributed by atoms with Crippen molar-refractivity contribution in [2.75, 3.05) is 5.73 Å². The van der Waals surface area contributed by atoms with Crippen molar-refractivity contribution in [1.82, 2.24) is 9.55 Å². The summed E-state index contributed by atoms with van der Waals surface area (Å²) < 4.78 is 6.63. The molecule has 1 aromatic heterocycles. The highest BCUT2D eigenvalue weighted by atomic mass is 16.6. The van der Waals surface area contributed by atoms with Gasteiger partial charge < -0.3 is 20.7 Å². The first-order valence-electron chi connectivity index (χ1n) is 6.94. The number of rotatable bonds is 2. The van der Waals surface area contributed by atoms with E-state index in [1.165, 1.54) is 6.20 Å². The molecule has 4 N–H and O–H groups in total. The summed E-state index contributed by atoms with van der Waals surface area (Å²) in [5.41, 5.74) is 6.55. The van der Waals surface area contributed by atoms with E-state index in [0.29, 0.717) is 5.56 Å². The molecule has 0 bridgehead atoms. The van der Waals surface area contributed by atoms with E-state index in [4.69, 9.17) is 10.5 Å². The van der Waals surface area contributed by atoms with Crippen LogP contribution in [0, 0.1) is 0 Å². The van der Waals surface area contributed by atoms with Gasteiger partial charge in [-0.3, -0.25) is 4.57 Å². The van der Waals surface area contributed by atoms with E-state index in [-0.39, 0.29) is 5.82 Å². The molecular formula is C15H17N3O4. The average Bonchev–Trinajstić information content (AvgIpc) is 2.76. The smallest absolute Gasteiger partial charge is 0.351 e. The molecule has 0 spiro atoms. The summed E-state index contributed by atoms with van der Waals surface area (Å²) in [6, 6.07) is 9.23. The second-order valence-electron chi connectivity index (χ2n) is 5.31. The largest absolute Gasteiger partial charge is 0.388 e. The fourth-order valence-electron chi connectivity index (χ4n) is 2.56. The van der Waals surface area contributed by atoms with Crippen molar-refractivity contribution in [2.24, 2.45) is 0 Å². The van der Waals surface area contributed by atoms with Crippen molar-refractivity contribution < 1.29 is 14.9 Å². The van der Waals surface area contributed by atoms with Crippen molar-refractivity contribution in [3.63, 3.8) is 0 Å². The van der Waals surface area contributed by atoms with E-state index in [0.717, 1.165) is 10.1 Å². The topological polar surface area (TPSA) is 111 Å². The van der Waals surface area contributed by atoms with Gasteiger partial charge in [-0.25, -0.2) is 4.79 Å². The normalized spacial score (nSPS) is 28.0. The summed E-state index contributed by atoms with van der Waals surface area (Å²) >= 11 is 0. The highest BCUT2D eigenvalue weighted by Crippen LogP contribution is 2.30. The minimum Gasteiger partial charge on any atom is -0.388 e. The van der Waals surface area contributed by atoms with Crippen LogP contribution in [-0.2, 0) is 4.74 Å². The molecule has 0 radical (unpaired) electrons. The quantitative estimate of drug-likeness (QED) is 0.727. The lowest BCUT2D eigenvalue weighted by atomic mass is 10.1. The molecule has 1 aromatic carbocycles. The van der Waals surface area contributed by atoms with E-state index in [9.17, 15) is 15.0 Å². The van der Waals surface area contributed by atoms with Gasteiger partial charge in [0.05, 0.1) is 6.10 Å². The van der Waals surface area contributed by atoms with Gasteiger partial charge in [-0.2, -0.15) is 4.98 Å². The second kappa shape index (κ2) is 5.53. The van der Waals surface area contributed by atoms with Crippen molar-refractivity contribution in [2.45, 2.75) is 31.5 Å². The molecule has 2 heterocycles. The zero-order chi connectivity index (χ0) is 15.9. The lowest BCUT2D eigenvalue weighted by molar-refractivity contribution is -0.0349. The third kappa shape index (κ3) is 2.39. The monoisotopic (exact) mass is 303 g/mol. The SMILES string of the molecule is C[C@H]1O[C@@H](n2cc(-c3ccccc3)c(N)nc2=O)[C@H](O)[C@@H]1O. The number of aromatic nitrogens is 2. The average molecular weight is 303 g/mol. The van der Waals surface area contributed by atoms with Crippen LogP contribution in [0.15, 0.2) is 41.3 Å². The van der Waals surface area contributed by atoms with E-state index in [1.54, 1.807) is 6.92 Å². The van der Waals surface area contributed by atoms with Gasteiger partial charge in [0, 0.05) is 11.8 Å². The molecule has 116 valence electrons. The highest BCUT2D eigenvalue weighted by Gasteiger charge is 2.41. The number of nitrogens with zero attached hydrogens (tertiary/aromatic N) is 2. The summed E-state index contributed by atoms with van der Waals surface area (Å²) in [7, 11) is 0. The number of hydrogen-bond acceptors (Lipinski definition) is 6. The van der Waals surface area contributed by atoms with Crippen LogP contribution in [0.2, 0.25) is 0 Å². The van der Waals surface area contributed by atoms with Gasteiger partial charge in [0.1, 0.15) is 18.0 Å². The lowest BCUT2D eigenvalue weighted by Gasteiger charge is -2.18. The Labute approximate surface area is 126 Å². The maximum absolute atomic E-state index is 12.1. The predicted octanol–water partition coefficient (Wildman–Crippen LogP) is 0.132. The molecule has 1 fully saturated rings. The molecule has 0 aliphatic carbocycles. The van der Waals surface area contributed by atoms with Crippen molar-refractivity contribution in [1.29, 1.82) is 0 Å². The van der Waals surface area contributed by atoms with Crippen molar-refractivity contribution >= 4 is 5.82 Å². The van der Waals surface area contributed by atoms with E-state index < -0.39 is 30.2 Å². The Morgan fingerprint density at radius 1 is 1.23 bits per heavy atom. The van der Waals surface area contributed by atoms with E-state index in [1.807, 2.05) is 30.3 Å². The van der Waals surface area contributed by atoms with E-state index in [2.05, 4.69) is 4.98 Å². The Kier molecular flexibility index (Phi) is 3.69. The molecule has 3 rings (SSSR count). The van der Waals surface area contributed by atoms with Gasteiger partial charge in [-0.05, 0) is 12.5 Å². The lowest BCUT2D eigenvalue weighted by Crippen LogP contribution is -2.35. The molecule has 22 heavy (non-hydrogen) atoms. The summed E-state index contributed by atoms with van der Waals surface area (Å²) in [6.07, 6.45) is -2.34. The molecule has 0 saturated carbocycles. The van der Waals surface area contributed by atoms with Gasteiger partial charge in [0.15, 0.2) is 6.23 Å². The fourth-order valence-corrected chi connectivity index (χ4v) is 2.56. The second-order valence-corrected chi connectivity index (χ2v) is 5.31. The Morgan fingerprint density at radius 2 is 1.91 bits per heavy atom. The number of hydrogen-bond donors (Lipinski definition) is 3. The maximum Gasteiger partial charge on any atom is 0.351 e. The molecule has 1 aliphatic heterocycles. The highest BCUT2D eigenvalue weighted by molar-refractivity contribution is 5.72. The Bertz CT molecular complexity index is 731. The number of aliphatic hydroxyl groups excluding tert-OH is 2. The van der Waals surface area contributed by atoms with Crippen LogP contribution >= 0.6 is 0 Å². The zero-order valence-electron chi connectivity index (χ0n) is 12.0. The molecule has 7 nitrogen and oxygen atoms in total. The number of aliphatic hydroxyl groups is 2. The zero-order valence-corrected chi connectivity index (χ0v) is 12.0. The van der Waals surface area contributed by atoms with Crippen molar-refractivity contribution in [3.8, 4) is 11.1 Å². The van der Waals surface area contributed by atoms with Gasteiger partial charge in [-0.1, -0.05) is 30.3 Å². The summed E-state index contributed by atoms with van der Waals surface area (Å²) in [5, 5.41) is 19.8. The Hall–Kier alpha value is -2.22. The van der Waals surface area contributed by atoms with Gasteiger partial charge >= 0.3 is 5.69 Å². The number of benzene rings is 1. The minimum atomic E-state index is -1.21. The number of anilines is 1. The maximum atomic E-state index is 12.1. The van der Waals surface area contributed by atoms with Crippen LogP contribution in [0.5, 0.6) is 0 Å². The van der Waals surface area contributed by atoms with Crippen molar-refractivity contribution in [3.05, 3.63) is 47.0 Å². The van der Waals surface area contributed by atoms with Gasteiger partial charge in [0.2, 0.25) is 0 Å². The summed E-state index contributed by atoms with van der Waals surface area (Å²) in [5.74, 6) is 0.105. The third-order valence-corrected chi connectivity index (χ3v) is 3.82. The molecule has 7 heteroatoms. The fraction of sp³-hybridized carbons (Fsp3) is 0.333. The molecule has 1 saturated heterocycles.